The smallest absolute Gasteiger partial charge is 0.163 e. The molecule has 0 amide bonds. The zero-order chi connectivity index (χ0) is 32.9. The van der Waals surface area contributed by atoms with Crippen LogP contribution in [0, 0.1) is 0 Å². The van der Waals surface area contributed by atoms with E-state index in [-0.39, 0.29) is 10.8 Å². The fourth-order valence-electron chi connectivity index (χ4n) is 7.27. The molecule has 48 heavy (non-hydrogen) atoms. The number of hydrogen-bond donors (Lipinski definition) is 0. The summed E-state index contributed by atoms with van der Waals surface area (Å²) in [7, 11) is 0. The van der Waals surface area contributed by atoms with E-state index in [0.29, 0.717) is 0 Å². The van der Waals surface area contributed by atoms with Gasteiger partial charge in [0.1, 0.15) is 16.7 Å². The standard InChI is InChI=1S/C44H37N3O/c1-43(2,3)28-16-14-26(15-17-28)27-22-23-45-36(24-27)34-12-9-11-32-33-20-21-38-39(41(33)48-40(32)34)46-42-35-25-29(44(4,5)6)18-19-30(35)31-10-7-8-13-37(31)47(38)42/h7-25H,1-6H3. The van der Waals surface area contributed by atoms with Gasteiger partial charge in [0, 0.05) is 33.3 Å². The van der Waals surface area contributed by atoms with Gasteiger partial charge < -0.3 is 4.42 Å². The van der Waals surface area contributed by atoms with Crippen molar-refractivity contribution < 1.29 is 4.42 Å². The number of fused-ring (bicyclic) bond motifs is 12. The van der Waals surface area contributed by atoms with Crippen LogP contribution in [0.3, 0.4) is 0 Å². The maximum atomic E-state index is 6.87. The Balaban J connectivity index is 1.28. The Morgan fingerprint density at radius 3 is 2.04 bits per heavy atom. The average Bonchev–Trinajstić information content (AvgIpc) is 3.67. The Bertz CT molecular complexity index is 2730. The zero-order valence-corrected chi connectivity index (χ0v) is 28.2. The monoisotopic (exact) mass is 623 g/mol. The van der Waals surface area contributed by atoms with E-state index in [9.17, 15) is 0 Å². The lowest BCUT2D eigenvalue weighted by atomic mass is 9.85. The van der Waals surface area contributed by atoms with Crippen LogP contribution in [0.25, 0.3) is 82.7 Å². The fourth-order valence-corrected chi connectivity index (χ4v) is 7.27. The molecule has 9 aromatic rings. The Hall–Kier alpha value is -5.48. The third-order valence-electron chi connectivity index (χ3n) is 9.97. The van der Waals surface area contributed by atoms with Crippen molar-refractivity contribution in [2.24, 2.45) is 0 Å². The van der Waals surface area contributed by atoms with Crippen molar-refractivity contribution in [1.29, 1.82) is 0 Å². The van der Waals surface area contributed by atoms with Gasteiger partial charge in [-0.2, -0.15) is 0 Å². The minimum atomic E-state index is 0.0203. The number of imidazole rings is 1. The van der Waals surface area contributed by atoms with Crippen LogP contribution in [0.4, 0.5) is 0 Å². The van der Waals surface area contributed by atoms with Gasteiger partial charge in [-0.25, -0.2) is 4.98 Å². The summed E-state index contributed by atoms with van der Waals surface area (Å²) < 4.78 is 9.17. The molecule has 4 heteroatoms. The highest BCUT2D eigenvalue weighted by Crippen LogP contribution is 2.41. The highest BCUT2D eigenvalue weighted by molar-refractivity contribution is 6.19. The molecule has 0 aliphatic carbocycles. The number of pyridine rings is 2. The lowest BCUT2D eigenvalue weighted by Gasteiger charge is -2.20. The van der Waals surface area contributed by atoms with Gasteiger partial charge in [-0.05, 0) is 80.9 Å². The molecular formula is C44H37N3O. The van der Waals surface area contributed by atoms with Crippen LogP contribution >= 0.6 is 0 Å². The first kappa shape index (κ1) is 28.7. The Morgan fingerprint density at radius 1 is 0.542 bits per heavy atom. The van der Waals surface area contributed by atoms with Crippen molar-refractivity contribution in [3.05, 3.63) is 127 Å². The van der Waals surface area contributed by atoms with E-state index in [4.69, 9.17) is 14.4 Å². The fraction of sp³-hybridized carbons (Fsp3) is 0.182. The number of furan rings is 1. The molecular weight excluding hydrogens is 587 g/mol. The molecule has 0 unspecified atom stereocenters. The SMILES string of the molecule is CC(C)(C)c1ccc(-c2ccnc(-c3cccc4c3oc3c4ccc4c3nc3c5cc(C(C)(C)C)ccc5c5ccccc5n43)c2)cc1. The molecule has 0 saturated carbocycles. The zero-order valence-electron chi connectivity index (χ0n) is 28.2. The van der Waals surface area contributed by atoms with E-state index in [0.717, 1.165) is 66.3 Å². The van der Waals surface area contributed by atoms with Crippen LogP contribution < -0.4 is 0 Å². The Labute approximate surface area is 279 Å². The van der Waals surface area contributed by atoms with E-state index in [1.807, 2.05) is 6.20 Å². The minimum Gasteiger partial charge on any atom is -0.453 e. The predicted molar refractivity (Wildman–Crippen MR) is 201 cm³/mol. The van der Waals surface area contributed by atoms with Crippen LogP contribution in [-0.2, 0) is 10.8 Å². The first-order valence-electron chi connectivity index (χ1n) is 16.7. The third-order valence-corrected chi connectivity index (χ3v) is 9.97. The molecule has 0 radical (unpaired) electrons. The maximum Gasteiger partial charge on any atom is 0.163 e. The second kappa shape index (κ2) is 10.0. The molecule has 0 saturated heterocycles. The molecule has 5 aromatic carbocycles. The van der Waals surface area contributed by atoms with Crippen molar-refractivity contribution in [2.75, 3.05) is 0 Å². The molecule has 0 aliphatic rings. The number of benzene rings is 5. The van der Waals surface area contributed by atoms with Crippen molar-refractivity contribution in [1.82, 2.24) is 14.4 Å². The summed E-state index contributed by atoms with van der Waals surface area (Å²) in [5.74, 6) is 0. The molecule has 4 nitrogen and oxygen atoms in total. The second-order valence-corrected chi connectivity index (χ2v) is 15.1. The average molecular weight is 624 g/mol. The first-order valence-corrected chi connectivity index (χ1v) is 16.7. The topological polar surface area (TPSA) is 43.3 Å². The molecule has 234 valence electrons. The molecule has 0 spiro atoms. The summed E-state index contributed by atoms with van der Waals surface area (Å²) in [6.45, 7) is 13.5. The third kappa shape index (κ3) is 4.29. The van der Waals surface area contributed by atoms with Gasteiger partial charge >= 0.3 is 0 Å². The van der Waals surface area contributed by atoms with Gasteiger partial charge in [-0.15, -0.1) is 0 Å². The highest BCUT2D eigenvalue weighted by atomic mass is 16.3. The normalized spacial score (nSPS) is 12.8. The van der Waals surface area contributed by atoms with Crippen LogP contribution in [0.2, 0.25) is 0 Å². The number of aromatic nitrogens is 3. The van der Waals surface area contributed by atoms with Crippen molar-refractivity contribution in [3.63, 3.8) is 0 Å². The van der Waals surface area contributed by atoms with E-state index in [1.54, 1.807) is 0 Å². The molecule has 4 heterocycles. The largest absolute Gasteiger partial charge is 0.453 e. The van der Waals surface area contributed by atoms with E-state index < -0.39 is 0 Å². The quantitative estimate of drug-likeness (QED) is 0.180. The summed E-state index contributed by atoms with van der Waals surface area (Å²) in [4.78, 5) is 10.2. The van der Waals surface area contributed by atoms with Gasteiger partial charge in [0.25, 0.3) is 0 Å². The van der Waals surface area contributed by atoms with E-state index >= 15 is 0 Å². The van der Waals surface area contributed by atoms with Crippen molar-refractivity contribution in [3.8, 4) is 22.4 Å². The summed E-state index contributed by atoms with van der Waals surface area (Å²) in [5.41, 5.74) is 12.5. The molecule has 0 N–H and O–H groups in total. The van der Waals surface area contributed by atoms with Crippen LogP contribution in [0.5, 0.6) is 0 Å². The lowest BCUT2D eigenvalue weighted by Crippen LogP contribution is -2.10. The summed E-state index contributed by atoms with van der Waals surface area (Å²) in [6.07, 6.45) is 1.90. The maximum absolute atomic E-state index is 6.87. The Kier molecular flexibility index (Phi) is 5.99. The van der Waals surface area contributed by atoms with Crippen molar-refractivity contribution in [2.45, 2.75) is 52.4 Å². The molecule has 0 atom stereocenters. The summed E-state index contributed by atoms with van der Waals surface area (Å²) >= 11 is 0. The highest BCUT2D eigenvalue weighted by Gasteiger charge is 2.22. The predicted octanol–water partition coefficient (Wildman–Crippen LogP) is 12.0. The number of rotatable bonds is 2. The van der Waals surface area contributed by atoms with E-state index in [1.165, 1.54) is 27.5 Å². The van der Waals surface area contributed by atoms with Crippen LogP contribution in [0.15, 0.2) is 120 Å². The number of para-hydroxylation sites is 2. The van der Waals surface area contributed by atoms with Gasteiger partial charge in [0.2, 0.25) is 0 Å². The van der Waals surface area contributed by atoms with Gasteiger partial charge in [-0.1, -0.05) is 108 Å². The molecule has 4 aromatic heterocycles. The number of nitrogens with zero attached hydrogens (tertiary/aromatic N) is 3. The second-order valence-electron chi connectivity index (χ2n) is 15.1. The van der Waals surface area contributed by atoms with Gasteiger partial charge in [0.05, 0.1) is 16.7 Å². The van der Waals surface area contributed by atoms with Crippen molar-refractivity contribution >= 4 is 60.3 Å². The molecule has 0 fully saturated rings. The van der Waals surface area contributed by atoms with Crippen LogP contribution in [0.1, 0.15) is 52.7 Å². The Morgan fingerprint density at radius 2 is 1.25 bits per heavy atom. The molecule has 0 bridgehead atoms. The minimum absolute atomic E-state index is 0.0203. The first-order chi connectivity index (χ1) is 23.1. The molecule has 9 rings (SSSR count). The lowest BCUT2D eigenvalue weighted by molar-refractivity contribution is 0.590. The summed E-state index contributed by atoms with van der Waals surface area (Å²) in [6, 6.07) is 39.3. The molecule has 0 aliphatic heterocycles. The van der Waals surface area contributed by atoms with E-state index in [2.05, 4.69) is 155 Å². The van der Waals surface area contributed by atoms with Gasteiger partial charge in [-0.3, -0.25) is 9.38 Å². The summed E-state index contributed by atoms with van der Waals surface area (Å²) in [5, 5.41) is 5.70. The van der Waals surface area contributed by atoms with Gasteiger partial charge in [0.15, 0.2) is 5.58 Å². The number of hydrogen-bond acceptors (Lipinski definition) is 3. The van der Waals surface area contributed by atoms with Crippen LogP contribution in [-0.4, -0.2) is 14.4 Å².